The topological polar surface area (TPSA) is 39.2 Å². The van der Waals surface area contributed by atoms with Crippen LogP contribution in [0.1, 0.15) is 6.92 Å². The summed E-state index contributed by atoms with van der Waals surface area (Å²) in [5.41, 5.74) is 0. The van der Waals surface area contributed by atoms with Crippen LogP contribution in [-0.2, 0) is 4.79 Å². The number of carbonyl (C=O) groups excluding carboxylic acids is 1. The minimum Gasteiger partial charge on any atom is -0.469 e. The van der Waals surface area contributed by atoms with Crippen LogP contribution < -0.4 is 4.74 Å². The second-order valence-electron chi connectivity index (χ2n) is 3.33. The summed E-state index contributed by atoms with van der Waals surface area (Å²) in [5, 5.41) is 1.99. The molecule has 0 radical (unpaired) electrons. The first-order valence-electron chi connectivity index (χ1n) is 4.73. The Morgan fingerprint density at radius 1 is 1.33 bits per heavy atom. The van der Waals surface area contributed by atoms with Gasteiger partial charge in [-0.3, -0.25) is 4.79 Å². The van der Waals surface area contributed by atoms with Gasteiger partial charge < -0.3 is 4.74 Å². The monoisotopic (exact) mass is 201 g/mol. The van der Waals surface area contributed by atoms with Crippen molar-refractivity contribution in [1.82, 2.24) is 4.98 Å². The number of fused-ring (bicyclic) bond motifs is 1. The minimum atomic E-state index is -0.00951. The molecule has 76 valence electrons. The number of nitrogens with zero attached hydrogens (tertiary/aromatic N) is 1. The third kappa shape index (κ3) is 2.13. The first kappa shape index (κ1) is 9.65. The van der Waals surface area contributed by atoms with Crippen LogP contribution in [0.25, 0.3) is 10.8 Å². The van der Waals surface area contributed by atoms with E-state index in [1.54, 1.807) is 6.20 Å². The van der Waals surface area contributed by atoms with Gasteiger partial charge in [-0.25, -0.2) is 4.98 Å². The van der Waals surface area contributed by atoms with Crippen molar-refractivity contribution in [2.45, 2.75) is 6.92 Å². The first-order chi connectivity index (χ1) is 7.27. The summed E-state index contributed by atoms with van der Waals surface area (Å²) in [6.07, 6.45) is 1.68. The van der Waals surface area contributed by atoms with Crippen molar-refractivity contribution in [2.24, 2.45) is 0 Å². The zero-order valence-electron chi connectivity index (χ0n) is 8.43. The van der Waals surface area contributed by atoms with E-state index < -0.39 is 0 Å². The van der Waals surface area contributed by atoms with E-state index in [0.717, 1.165) is 10.8 Å². The maximum Gasteiger partial charge on any atom is 0.221 e. The van der Waals surface area contributed by atoms with Gasteiger partial charge in [0, 0.05) is 11.6 Å². The Kier molecular flexibility index (Phi) is 2.63. The quantitative estimate of drug-likeness (QED) is 0.764. The fourth-order valence-electron chi connectivity index (χ4n) is 1.38. The molecule has 3 nitrogen and oxygen atoms in total. The van der Waals surface area contributed by atoms with Crippen LogP contribution in [0.2, 0.25) is 0 Å². The van der Waals surface area contributed by atoms with Crippen molar-refractivity contribution < 1.29 is 9.53 Å². The molecule has 0 unspecified atom stereocenters. The van der Waals surface area contributed by atoms with Crippen LogP contribution in [0.5, 0.6) is 5.88 Å². The zero-order chi connectivity index (χ0) is 10.7. The second kappa shape index (κ2) is 4.09. The fraction of sp³-hybridized carbons (Fsp3) is 0.167. The SMILES string of the molecule is CC(=O)COc1nccc2ccccc12. The normalized spacial score (nSPS) is 10.2. The molecule has 2 rings (SSSR count). The van der Waals surface area contributed by atoms with Gasteiger partial charge in [-0.2, -0.15) is 0 Å². The molecule has 0 saturated carbocycles. The van der Waals surface area contributed by atoms with Gasteiger partial charge in [-0.1, -0.05) is 18.2 Å². The molecule has 0 aliphatic rings. The van der Waals surface area contributed by atoms with E-state index in [1.807, 2.05) is 30.3 Å². The fourth-order valence-corrected chi connectivity index (χ4v) is 1.38. The van der Waals surface area contributed by atoms with E-state index in [2.05, 4.69) is 4.98 Å². The highest BCUT2D eigenvalue weighted by Crippen LogP contribution is 2.22. The van der Waals surface area contributed by atoms with Crippen LogP contribution in [0, 0.1) is 0 Å². The Labute approximate surface area is 87.7 Å². The van der Waals surface area contributed by atoms with Crippen LogP contribution in [-0.4, -0.2) is 17.4 Å². The number of hydrogen-bond donors (Lipinski definition) is 0. The van der Waals surface area contributed by atoms with Crippen molar-refractivity contribution in [3.8, 4) is 5.88 Å². The number of benzene rings is 1. The standard InChI is InChI=1S/C12H11NO2/c1-9(14)8-15-12-11-5-3-2-4-10(11)6-7-13-12/h2-7H,8H2,1H3. The van der Waals surface area contributed by atoms with Gasteiger partial charge in [0.05, 0.1) is 0 Å². The Bertz CT molecular complexity index is 488. The summed E-state index contributed by atoms with van der Waals surface area (Å²) in [7, 11) is 0. The van der Waals surface area contributed by atoms with Gasteiger partial charge in [-0.05, 0) is 24.4 Å². The van der Waals surface area contributed by atoms with Crippen molar-refractivity contribution in [2.75, 3.05) is 6.61 Å². The van der Waals surface area contributed by atoms with Gasteiger partial charge in [-0.15, -0.1) is 0 Å². The number of Topliss-reactive ketones (excluding diaryl/α,β-unsaturated/α-hetero) is 1. The van der Waals surface area contributed by atoms with Gasteiger partial charge in [0.2, 0.25) is 5.88 Å². The van der Waals surface area contributed by atoms with Crippen LogP contribution in [0.15, 0.2) is 36.5 Å². The molecule has 2 aromatic rings. The average Bonchev–Trinajstić information content (AvgIpc) is 2.26. The molecule has 0 amide bonds. The second-order valence-corrected chi connectivity index (χ2v) is 3.33. The van der Waals surface area contributed by atoms with E-state index in [1.165, 1.54) is 6.92 Å². The molecular weight excluding hydrogens is 190 g/mol. The summed E-state index contributed by atoms with van der Waals surface area (Å²) in [6.45, 7) is 1.56. The van der Waals surface area contributed by atoms with Gasteiger partial charge in [0.1, 0.15) is 6.61 Å². The predicted molar refractivity (Wildman–Crippen MR) is 57.9 cm³/mol. The molecule has 0 fully saturated rings. The molecule has 0 bridgehead atoms. The van der Waals surface area contributed by atoms with Gasteiger partial charge >= 0.3 is 0 Å². The van der Waals surface area contributed by atoms with Crippen molar-refractivity contribution in [1.29, 1.82) is 0 Å². The van der Waals surface area contributed by atoms with E-state index in [4.69, 9.17) is 4.74 Å². The minimum absolute atomic E-state index is 0.00951. The predicted octanol–water partition coefficient (Wildman–Crippen LogP) is 2.20. The molecule has 0 saturated heterocycles. The highest BCUT2D eigenvalue weighted by atomic mass is 16.5. The molecule has 1 heterocycles. The number of carbonyl (C=O) groups is 1. The number of ether oxygens (including phenoxy) is 1. The largest absolute Gasteiger partial charge is 0.469 e. The van der Waals surface area contributed by atoms with Gasteiger partial charge in [0.25, 0.3) is 0 Å². The van der Waals surface area contributed by atoms with Crippen LogP contribution in [0.4, 0.5) is 0 Å². The first-order valence-corrected chi connectivity index (χ1v) is 4.73. The lowest BCUT2D eigenvalue weighted by atomic mass is 10.2. The zero-order valence-corrected chi connectivity index (χ0v) is 8.43. The van der Waals surface area contributed by atoms with Gasteiger partial charge in [0.15, 0.2) is 5.78 Å². The lowest BCUT2D eigenvalue weighted by molar-refractivity contribution is -0.118. The molecular formula is C12H11NO2. The maximum absolute atomic E-state index is 10.8. The number of aromatic nitrogens is 1. The summed E-state index contributed by atoms with van der Waals surface area (Å²) >= 11 is 0. The number of hydrogen-bond acceptors (Lipinski definition) is 3. The Morgan fingerprint density at radius 3 is 2.93 bits per heavy atom. The van der Waals surface area contributed by atoms with Crippen molar-refractivity contribution in [3.05, 3.63) is 36.5 Å². The van der Waals surface area contributed by atoms with E-state index in [9.17, 15) is 4.79 Å². The number of pyridine rings is 1. The summed E-state index contributed by atoms with van der Waals surface area (Å²) < 4.78 is 5.32. The number of rotatable bonds is 3. The third-order valence-electron chi connectivity index (χ3n) is 2.05. The average molecular weight is 201 g/mol. The van der Waals surface area contributed by atoms with Crippen molar-refractivity contribution in [3.63, 3.8) is 0 Å². The van der Waals surface area contributed by atoms with Crippen LogP contribution in [0.3, 0.4) is 0 Å². The molecule has 1 aromatic carbocycles. The van der Waals surface area contributed by atoms with E-state index >= 15 is 0 Å². The summed E-state index contributed by atoms with van der Waals surface area (Å²) in [4.78, 5) is 14.9. The van der Waals surface area contributed by atoms with Crippen molar-refractivity contribution >= 4 is 16.6 Å². The van der Waals surface area contributed by atoms with E-state index in [-0.39, 0.29) is 12.4 Å². The molecule has 0 aliphatic carbocycles. The molecule has 0 spiro atoms. The highest BCUT2D eigenvalue weighted by molar-refractivity contribution is 5.87. The number of ketones is 1. The third-order valence-corrected chi connectivity index (χ3v) is 2.05. The molecule has 3 heteroatoms. The lowest BCUT2D eigenvalue weighted by Crippen LogP contribution is -2.07. The molecule has 1 aromatic heterocycles. The smallest absolute Gasteiger partial charge is 0.221 e. The summed E-state index contributed by atoms with van der Waals surface area (Å²) in [6, 6.07) is 9.70. The molecule has 0 N–H and O–H groups in total. The summed E-state index contributed by atoms with van der Waals surface area (Å²) in [5.74, 6) is 0.507. The lowest BCUT2D eigenvalue weighted by Gasteiger charge is -2.05. The Balaban J connectivity index is 2.38. The molecule has 0 atom stereocenters. The van der Waals surface area contributed by atoms with E-state index in [0.29, 0.717) is 5.88 Å². The highest BCUT2D eigenvalue weighted by Gasteiger charge is 2.03. The van der Waals surface area contributed by atoms with Crippen LogP contribution >= 0.6 is 0 Å². The Hall–Kier alpha value is -1.90. The molecule has 0 aliphatic heterocycles. The maximum atomic E-state index is 10.8. The Morgan fingerprint density at radius 2 is 2.13 bits per heavy atom. The molecule has 15 heavy (non-hydrogen) atoms.